The number of pyridine rings is 1. The molecule has 0 spiro atoms. The van der Waals surface area contributed by atoms with Crippen molar-refractivity contribution in [3.05, 3.63) is 23.9 Å². The molecule has 5 heteroatoms. The zero-order chi connectivity index (χ0) is 11.8. The highest BCUT2D eigenvalue weighted by Gasteiger charge is 2.05. The second kappa shape index (κ2) is 7.16. The molecule has 0 saturated heterocycles. The van der Waals surface area contributed by atoms with Crippen LogP contribution in [0.4, 0.5) is 5.82 Å². The number of hydrazine groups is 1. The topological polar surface area (TPSA) is 63.4 Å². The predicted molar refractivity (Wildman–Crippen MR) is 64.9 cm³/mol. The number of ether oxygens (including phenoxy) is 1. The minimum absolute atomic E-state index is 0.737. The molecule has 5 nitrogen and oxygen atoms in total. The average Bonchev–Trinajstić information content (AvgIpc) is 2.30. The number of nitrogen functional groups attached to an aromatic ring is 1. The standard InChI is InChI=1S/C11H20N4O/c1-15(7-4-8-16-2)9-10-5-3-6-13-11(10)14-12/h3,5-6H,4,7-9,12H2,1-2H3,(H,13,14). The lowest BCUT2D eigenvalue weighted by Crippen LogP contribution is -2.22. The van der Waals surface area contributed by atoms with Crippen molar-refractivity contribution < 1.29 is 4.74 Å². The van der Waals surface area contributed by atoms with Crippen molar-refractivity contribution in [3.63, 3.8) is 0 Å². The zero-order valence-corrected chi connectivity index (χ0v) is 9.94. The summed E-state index contributed by atoms with van der Waals surface area (Å²) in [4.78, 5) is 6.38. The molecule has 0 radical (unpaired) electrons. The Kier molecular flexibility index (Phi) is 5.77. The second-order valence-corrected chi connectivity index (χ2v) is 3.74. The van der Waals surface area contributed by atoms with E-state index in [9.17, 15) is 0 Å². The van der Waals surface area contributed by atoms with Crippen molar-refractivity contribution in [3.8, 4) is 0 Å². The summed E-state index contributed by atoms with van der Waals surface area (Å²) in [5.41, 5.74) is 3.71. The smallest absolute Gasteiger partial charge is 0.144 e. The van der Waals surface area contributed by atoms with Crippen molar-refractivity contribution in [2.24, 2.45) is 5.84 Å². The number of rotatable bonds is 7. The molecule has 0 amide bonds. The molecule has 0 bridgehead atoms. The Morgan fingerprint density at radius 1 is 1.56 bits per heavy atom. The van der Waals surface area contributed by atoms with Crippen LogP contribution in [-0.4, -0.2) is 37.2 Å². The second-order valence-electron chi connectivity index (χ2n) is 3.74. The molecule has 3 N–H and O–H groups in total. The number of methoxy groups -OCH3 is 1. The Hall–Kier alpha value is -1.17. The number of nitrogens with zero attached hydrogens (tertiary/aromatic N) is 2. The number of nitrogens with two attached hydrogens (primary N) is 1. The highest BCUT2D eigenvalue weighted by molar-refractivity contribution is 5.42. The zero-order valence-electron chi connectivity index (χ0n) is 9.94. The SMILES string of the molecule is COCCCN(C)Cc1cccnc1NN. The van der Waals surface area contributed by atoms with E-state index in [0.717, 1.165) is 37.5 Å². The largest absolute Gasteiger partial charge is 0.385 e. The first-order valence-electron chi connectivity index (χ1n) is 5.36. The Bertz CT molecular complexity index is 306. The molecule has 0 aliphatic rings. The van der Waals surface area contributed by atoms with E-state index in [-0.39, 0.29) is 0 Å². The highest BCUT2D eigenvalue weighted by atomic mass is 16.5. The third-order valence-electron chi connectivity index (χ3n) is 2.36. The summed E-state index contributed by atoms with van der Waals surface area (Å²) in [5, 5.41) is 0. The summed E-state index contributed by atoms with van der Waals surface area (Å²) in [6, 6.07) is 3.94. The quantitative estimate of drug-likeness (QED) is 0.408. The van der Waals surface area contributed by atoms with E-state index in [1.807, 2.05) is 12.1 Å². The van der Waals surface area contributed by atoms with Gasteiger partial charge >= 0.3 is 0 Å². The molecule has 0 unspecified atom stereocenters. The molecule has 0 aliphatic carbocycles. The summed E-state index contributed by atoms with van der Waals surface area (Å²) in [6.45, 7) is 2.61. The Morgan fingerprint density at radius 3 is 3.06 bits per heavy atom. The highest BCUT2D eigenvalue weighted by Crippen LogP contribution is 2.11. The maximum Gasteiger partial charge on any atom is 0.144 e. The van der Waals surface area contributed by atoms with E-state index in [0.29, 0.717) is 0 Å². The minimum Gasteiger partial charge on any atom is -0.385 e. The number of hydrogen-bond donors (Lipinski definition) is 2. The monoisotopic (exact) mass is 224 g/mol. The van der Waals surface area contributed by atoms with Crippen molar-refractivity contribution in [2.75, 3.05) is 32.7 Å². The maximum absolute atomic E-state index is 5.40. The van der Waals surface area contributed by atoms with E-state index in [4.69, 9.17) is 10.6 Å². The lowest BCUT2D eigenvalue weighted by Gasteiger charge is -2.17. The Morgan fingerprint density at radius 2 is 2.38 bits per heavy atom. The van der Waals surface area contributed by atoms with Crippen LogP contribution in [0, 0.1) is 0 Å². The number of anilines is 1. The molecule has 1 aromatic heterocycles. The normalized spacial score (nSPS) is 10.8. The fourth-order valence-corrected chi connectivity index (χ4v) is 1.54. The molecule has 0 fully saturated rings. The van der Waals surface area contributed by atoms with Gasteiger partial charge in [-0.1, -0.05) is 6.07 Å². The van der Waals surface area contributed by atoms with Crippen LogP contribution in [0.15, 0.2) is 18.3 Å². The lowest BCUT2D eigenvalue weighted by atomic mass is 10.2. The van der Waals surface area contributed by atoms with Gasteiger partial charge in [0.2, 0.25) is 0 Å². The van der Waals surface area contributed by atoms with Gasteiger partial charge in [0.25, 0.3) is 0 Å². The van der Waals surface area contributed by atoms with Gasteiger partial charge in [0.05, 0.1) is 0 Å². The van der Waals surface area contributed by atoms with Gasteiger partial charge in [0.15, 0.2) is 0 Å². The summed E-state index contributed by atoms with van der Waals surface area (Å²) in [6.07, 6.45) is 2.75. The number of aromatic nitrogens is 1. The number of hydrogen-bond acceptors (Lipinski definition) is 5. The van der Waals surface area contributed by atoms with Gasteiger partial charge in [0.1, 0.15) is 5.82 Å². The summed E-state index contributed by atoms with van der Waals surface area (Å²) >= 11 is 0. The van der Waals surface area contributed by atoms with Crippen molar-refractivity contribution in [2.45, 2.75) is 13.0 Å². The molecule has 0 saturated carbocycles. The molecule has 0 aliphatic heterocycles. The molecule has 0 atom stereocenters. The maximum atomic E-state index is 5.40. The molecule has 1 heterocycles. The third kappa shape index (κ3) is 4.14. The van der Waals surface area contributed by atoms with Crippen LogP contribution in [0.2, 0.25) is 0 Å². The summed E-state index contributed by atoms with van der Waals surface area (Å²) in [7, 11) is 3.79. The van der Waals surface area contributed by atoms with Gasteiger partial charge in [-0.05, 0) is 19.5 Å². The Balaban J connectivity index is 2.45. The fraction of sp³-hybridized carbons (Fsp3) is 0.545. The molecule has 0 aromatic carbocycles. The molecule has 1 rings (SSSR count). The van der Waals surface area contributed by atoms with E-state index in [2.05, 4.69) is 22.4 Å². The van der Waals surface area contributed by atoms with Crippen molar-refractivity contribution >= 4 is 5.82 Å². The van der Waals surface area contributed by atoms with Gasteiger partial charge in [-0.15, -0.1) is 0 Å². The summed E-state index contributed by atoms with van der Waals surface area (Å²) in [5.74, 6) is 6.13. The van der Waals surface area contributed by atoms with E-state index in [1.54, 1.807) is 13.3 Å². The van der Waals surface area contributed by atoms with Crippen LogP contribution < -0.4 is 11.3 Å². The molecular formula is C11H20N4O. The van der Waals surface area contributed by atoms with Gasteiger partial charge in [-0.3, -0.25) is 0 Å². The average molecular weight is 224 g/mol. The molecule has 90 valence electrons. The van der Waals surface area contributed by atoms with Crippen LogP contribution >= 0.6 is 0 Å². The number of nitrogens with one attached hydrogen (secondary N) is 1. The first kappa shape index (κ1) is 12.9. The van der Waals surface area contributed by atoms with Gasteiger partial charge in [-0.2, -0.15) is 0 Å². The Labute approximate surface area is 96.6 Å². The predicted octanol–water partition coefficient (Wildman–Crippen LogP) is 0.836. The van der Waals surface area contributed by atoms with Gasteiger partial charge < -0.3 is 15.1 Å². The fourth-order valence-electron chi connectivity index (χ4n) is 1.54. The van der Waals surface area contributed by atoms with Crippen LogP contribution in [-0.2, 0) is 11.3 Å². The van der Waals surface area contributed by atoms with Crippen LogP contribution in [0.1, 0.15) is 12.0 Å². The lowest BCUT2D eigenvalue weighted by molar-refractivity contribution is 0.178. The van der Waals surface area contributed by atoms with Crippen LogP contribution in [0.3, 0.4) is 0 Å². The molecule has 16 heavy (non-hydrogen) atoms. The van der Waals surface area contributed by atoms with Crippen LogP contribution in [0.5, 0.6) is 0 Å². The summed E-state index contributed by atoms with van der Waals surface area (Å²) < 4.78 is 5.02. The van der Waals surface area contributed by atoms with E-state index < -0.39 is 0 Å². The third-order valence-corrected chi connectivity index (χ3v) is 2.36. The van der Waals surface area contributed by atoms with Gasteiger partial charge in [-0.25, -0.2) is 10.8 Å². The molecular weight excluding hydrogens is 204 g/mol. The first-order valence-corrected chi connectivity index (χ1v) is 5.36. The molecule has 1 aromatic rings. The first-order chi connectivity index (χ1) is 7.77. The van der Waals surface area contributed by atoms with E-state index >= 15 is 0 Å². The minimum atomic E-state index is 0.737. The van der Waals surface area contributed by atoms with Crippen LogP contribution in [0.25, 0.3) is 0 Å². The van der Waals surface area contributed by atoms with Crippen molar-refractivity contribution in [1.29, 1.82) is 0 Å². The van der Waals surface area contributed by atoms with Crippen molar-refractivity contribution in [1.82, 2.24) is 9.88 Å². The van der Waals surface area contributed by atoms with Gasteiger partial charge in [0, 0.05) is 38.6 Å². The van der Waals surface area contributed by atoms with E-state index in [1.165, 1.54) is 0 Å².